The van der Waals surface area contributed by atoms with Crippen LogP contribution in [0.25, 0.3) is 0 Å². The fourth-order valence-electron chi connectivity index (χ4n) is 1.75. The van der Waals surface area contributed by atoms with E-state index >= 15 is 0 Å². The van der Waals surface area contributed by atoms with Crippen molar-refractivity contribution >= 4 is 34.5 Å². The molecule has 2 rings (SSSR count). The van der Waals surface area contributed by atoms with Crippen LogP contribution in [-0.2, 0) is 16.1 Å². The predicted molar refractivity (Wildman–Crippen MR) is 83.2 cm³/mol. The molecule has 1 atom stereocenters. The summed E-state index contributed by atoms with van der Waals surface area (Å²) < 4.78 is 0. The van der Waals surface area contributed by atoms with Gasteiger partial charge in [-0.1, -0.05) is 6.07 Å². The lowest BCUT2D eigenvalue weighted by Gasteiger charge is -2.11. The average molecular weight is 324 g/mol. The molecule has 0 aliphatic carbocycles. The second-order valence-corrected chi connectivity index (χ2v) is 6.44. The van der Waals surface area contributed by atoms with Gasteiger partial charge in [-0.3, -0.25) is 9.59 Å². The maximum Gasteiger partial charge on any atom is 0.309 e. The van der Waals surface area contributed by atoms with Crippen LogP contribution in [-0.4, -0.2) is 23.5 Å². The van der Waals surface area contributed by atoms with E-state index in [1.54, 1.807) is 0 Å². The molecule has 0 bridgehead atoms. The van der Waals surface area contributed by atoms with Gasteiger partial charge in [-0.05, 0) is 35.4 Å². The van der Waals surface area contributed by atoms with Gasteiger partial charge < -0.3 is 15.7 Å². The largest absolute Gasteiger partial charge is 0.386 e. The number of nitrogens with one attached hydrogen (secondary N) is 2. The number of carbonyl (C=O) groups excluding carboxylic acids is 2. The van der Waals surface area contributed by atoms with Crippen molar-refractivity contribution in [3.05, 3.63) is 44.3 Å². The Morgan fingerprint density at radius 1 is 1.19 bits per heavy atom. The molecule has 0 aliphatic heterocycles. The molecule has 3 N–H and O–H groups in total. The van der Waals surface area contributed by atoms with Crippen molar-refractivity contribution in [1.29, 1.82) is 0 Å². The minimum atomic E-state index is -0.793. The summed E-state index contributed by atoms with van der Waals surface area (Å²) in [5.41, 5.74) is 0.976. The molecule has 112 valence electrons. The molecular weight excluding hydrogens is 308 g/mol. The number of carbonyl (C=O) groups is 2. The monoisotopic (exact) mass is 324 g/mol. The van der Waals surface area contributed by atoms with E-state index in [1.165, 1.54) is 22.7 Å². The molecule has 0 saturated carbocycles. The van der Waals surface area contributed by atoms with Crippen LogP contribution in [0.4, 0.5) is 0 Å². The molecular formula is C14H16N2O3S2. The van der Waals surface area contributed by atoms with Gasteiger partial charge >= 0.3 is 11.8 Å². The molecule has 5 nitrogen and oxygen atoms in total. The Labute approximate surface area is 130 Å². The van der Waals surface area contributed by atoms with Crippen LogP contribution in [0.2, 0.25) is 0 Å². The van der Waals surface area contributed by atoms with Crippen LogP contribution in [0.5, 0.6) is 0 Å². The van der Waals surface area contributed by atoms with E-state index in [0.717, 1.165) is 15.3 Å². The number of hydrogen-bond donors (Lipinski definition) is 3. The van der Waals surface area contributed by atoms with E-state index < -0.39 is 17.9 Å². The van der Waals surface area contributed by atoms with E-state index in [4.69, 9.17) is 0 Å². The van der Waals surface area contributed by atoms with Crippen molar-refractivity contribution in [3.63, 3.8) is 0 Å². The van der Waals surface area contributed by atoms with Crippen LogP contribution in [0.1, 0.15) is 21.4 Å². The van der Waals surface area contributed by atoms with Crippen LogP contribution in [0.3, 0.4) is 0 Å². The van der Waals surface area contributed by atoms with Crippen LogP contribution < -0.4 is 10.6 Å². The van der Waals surface area contributed by atoms with Crippen molar-refractivity contribution in [1.82, 2.24) is 10.6 Å². The van der Waals surface area contributed by atoms with Crippen LogP contribution in [0, 0.1) is 6.92 Å². The zero-order valence-corrected chi connectivity index (χ0v) is 13.1. The van der Waals surface area contributed by atoms with Gasteiger partial charge in [-0.2, -0.15) is 0 Å². The second kappa shape index (κ2) is 7.35. The van der Waals surface area contributed by atoms with E-state index in [-0.39, 0.29) is 6.54 Å². The van der Waals surface area contributed by atoms with Crippen molar-refractivity contribution in [2.45, 2.75) is 19.6 Å². The molecule has 2 aromatic rings. The number of aryl methyl sites for hydroxylation is 1. The lowest BCUT2D eigenvalue weighted by molar-refractivity contribution is -0.139. The number of thiophene rings is 2. The number of aliphatic hydroxyl groups is 1. The topological polar surface area (TPSA) is 78.4 Å². The van der Waals surface area contributed by atoms with E-state index in [0.29, 0.717) is 6.54 Å². The van der Waals surface area contributed by atoms with Gasteiger partial charge in [0.25, 0.3) is 0 Å². The smallest absolute Gasteiger partial charge is 0.309 e. The summed E-state index contributed by atoms with van der Waals surface area (Å²) in [4.78, 5) is 25.0. The van der Waals surface area contributed by atoms with E-state index in [2.05, 4.69) is 10.6 Å². The van der Waals surface area contributed by atoms with Gasteiger partial charge in [0.2, 0.25) is 0 Å². The lowest BCUT2D eigenvalue weighted by atomic mass is 10.2. The highest BCUT2D eigenvalue weighted by atomic mass is 32.1. The van der Waals surface area contributed by atoms with Gasteiger partial charge in [0.05, 0.1) is 6.54 Å². The minimum Gasteiger partial charge on any atom is -0.386 e. The minimum absolute atomic E-state index is 0.0204. The summed E-state index contributed by atoms with van der Waals surface area (Å²) in [6.07, 6.45) is -0.793. The van der Waals surface area contributed by atoms with Crippen molar-refractivity contribution in [2.75, 3.05) is 6.54 Å². The van der Waals surface area contributed by atoms with E-state index in [1.807, 2.05) is 35.9 Å². The Morgan fingerprint density at radius 2 is 1.95 bits per heavy atom. The maximum absolute atomic E-state index is 11.6. The molecule has 0 saturated heterocycles. The molecule has 0 aromatic carbocycles. The third-order valence-electron chi connectivity index (χ3n) is 2.87. The third kappa shape index (κ3) is 4.38. The van der Waals surface area contributed by atoms with Gasteiger partial charge in [0, 0.05) is 16.3 Å². The highest BCUT2D eigenvalue weighted by Gasteiger charge is 2.17. The first-order chi connectivity index (χ1) is 10.1. The number of aliphatic hydroxyl groups excluding tert-OH is 1. The normalized spacial score (nSPS) is 11.9. The second-order valence-electron chi connectivity index (χ2n) is 4.46. The number of hydrogen-bond acceptors (Lipinski definition) is 5. The Balaban J connectivity index is 1.76. The Kier molecular flexibility index (Phi) is 5.49. The molecule has 2 aromatic heterocycles. The molecule has 0 unspecified atom stereocenters. The Bertz CT molecular complexity index is 608. The first kappa shape index (κ1) is 15.7. The van der Waals surface area contributed by atoms with Crippen molar-refractivity contribution < 1.29 is 14.7 Å². The summed E-state index contributed by atoms with van der Waals surface area (Å²) in [6, 6.07) is 5.66. The maximum atomic E-state index is 11.6. The molecule has 21 heavy (non-hydrogen) atoms. The highest BCUT2D eigenvalue weighted by Crippen LogP contribution is 2.22. The fourth-order valence-corrected chi connectivity index (χ4v) is 3.31. The first-order valence-corrected chi connectivity index (χ1v) is 8.14. The van der Waals surface area contributed by atoms with Crippen LogP contribution >= 0.6 is 22.7 Å². The van der Waals surface area contributed by atoms with Gasteiger partial charge in [0.15, 0.2) is 0 Å². The van der Waals surface area contributed by atoms with Gasteiger partial charge in [-0.15, -0.1) is 22.7 Å². The van der Waals surface area contributed by atoms with Crippen molar-refractivity contribution in [3.8, 4) is 0 Å². The summed E-state index contributed by atoms with van der Waals surface area (Å²) in [5.74, 6) is -1.43. The Hall–Kier alpha value is -1.70. The standard InChI is InChI=1S/C14H16N2O3S2/c1-9-4-6-21-12(9)11(17)8-16-14(19)13(18)15-7-10-3-2-5-20-10/h2-6,11,17H,7-8H2,1H3,(H,15,18)(H,16,19)/t11-/m1/s1. The molecule has 0 fully saturated rings. The zero-order valence-electron chi connectivity index (χ0n) is 11.5. The summed E-state index contributed by atoms with van der Waals surface area (Å²) in [7, 11) is 0. The third-order valence-corrected chi connectivity index (χ3v) is 4.87. The average Bonchev–Trinajstić information content (AvgIpc) is 3.12. The fraction of sp³-hybridized carbons (Fsp3) is 0.286. The molecule has 7 heteroatoms. The van der Waals surface area contributed by atoms with E-state index in [9.17, 15) is 14.7 Å². The number of amides is 2. The summed E-state index contributed by atoms with van der Waals surface area (Å²) >= 11 is 2.94. The molecule has 0 spiro atoms. The Morgan fingerprint density at radius 3 is 2.57 bits per heavy atom. The predicted octanol–water partition coefficient (Wildman–Crippen LogP) is 1.58. The quantitative estimate of drug-likeness (QED) is 0.731. The SMILES string of the molecule is Cc1ccsc1[C@H](O)CNC(=O)C(=O)NCc1cccs1. The first-order valence-electron chi connectivity index (χ1n) is 6.38. The summed E-state index contributed by atoms with van der Waals surface area (Å²) in [6.45, 7) is 2.24. The molecule has 0 aliphatic rings. The van der Waals surface area contributed by atoms with Crippen molar-refractivity contribution in [2.24, 2.45) is 0 Å². The zero-order chi connectivity index (χ0) is 15.2. The lowest BCUT2D eigenvalue weighted by Crippen LogP contribution is -2.41. The van der Waals surface area contributed by atoms with Crippen LogP contribution in [0.15, 0.2) is 29.0 Å². The summed E-state index contributed by atoms with van der Waals surface area (Å²) in [5, 5.41) is 18.7. The molecule has 0 radical (unpaired) electrons. The highest BCUT2D eigenvalue weighted by molar-refractivity contribution is 7.10. The molecule has 2 heterocycles. The van der Waals surface area contributed by atoms with Gasteiger partial charge in [-0.25, -0.2) is 0 Å². The molecule has 2 amide bonds. The van der Waals surface area contributed by atoms with Gasteiger partial charge in [0.1, 0.15) is 6.10 Å². The number of rotatable bonds is 5.